The number of carbonyl (C=O) groups is 1. The fourth-order valence-corrected chi connectivity index (χ4v) is 2.89. The van der Waals surface area contributed by atoms with Crippen molar-refractivity contribution in [1.82, 2.24) is 0 Å². The maximum absolute atomic E-state index is 12.9. The molecule has 1 aromatic heterocycles. The number of ketones is 1. The van der Waals surface area contributed by atoms with Crippen LogP contribution < -0.4 is 5.32 Å². The maximum atomic E-state index is 12.9. The molecule has 4 aromatic rings. The molecule has 0 unspecified atom stereocenters. The van der Waals surface area contributed by atoms with Crippen LogP contribution in [0.25, 0.3) is 11.0 Å². The molecular formula is C22H17NO2. The number of hydrogen-bond donors (Lipinski definition) is 1. The fourth-order valence-electron chi connectivity index (χ4n) is 2.89. The Morgan fingerprint density at radius 1 is 0.800 bits per heavy atom. The lowest BCUT2D eigenvalue weighted by molar-refractivity contribution is 0.101. The molecule has 0 saturated carbocycles. The van der Waals surface area contributed by atoms with Crippen LogP contribution in [0.15, 0.2) is 89.3 Å². The molecule has 0 fully saturated rings. The first-order chi connectivity index (χ1) is 12.3. The van der Waals surface area contributed by atoms with Crippen molar-refractivity contribution in [3.05, 3.63) is 102 Å². The SMILES string of the molecule is O=C(c1ccccc1)c1oc2ccccc2c1NCc1ccccc1. The summed E-state index contributed by atoms with van der Waals surface area (Å²) in [4.78, 5) is 12.9. The third kappa shape index (κ3) is 3.04. The molecule has 1 heterocycles. The van der Waals surface area contributed by atoms with Gasteiger partial charge in [-0.05, 0) is 17.7 Å². The lowest BCUT2D eigenvalue weighted by Crippen LogP contribution is -2.06. The number of furan rings is 1. The highest BCUT2D eigenvalue weighted by Crippen LogP contribution is 2.32. The second-order valence-corrected chi connectivity index (χ2v) is 5.84. The minimum atomic E-state index is -0.118. The normalized spacial score (nSPS) is 10.7. The molecule has 0 amide bonds. The number of anilines is 1. The van der Waals surface area contributed by atoms with Gasteiger partial charge in [0.15, 0.2) is 5.76 Å². The quantitative estimate of drug-likeness (QED) is 0.507. The monoisotopic (exact) mass is 327 g/mol. The van der Waals surface area contributed by atoms with Crippen molar-refractivity contribution in [2.45, 2.75) is 6.54 Å². The van der Waals surface area contributed by atoms with E-state index in [-0.39, 0.29) is 5.78 Å². The molecule has 4 rings (SSSR count). The van der Waals surface area contributed by atoms with Gasteiger partial charge in [0.2, 0.25) is 5.78 Å². The van der Waals surface area contributed by atoms with E-state index in [1.54, 1.807) is 12.1 Å². The number of carbonyl (C=O) groups excluding carboxylic acids is 1. The third-order valence-electron chi connectivity index (χ3n) is 4.15. The zero-order chi connectivity index (χ0) is 17.1. The lowest BCUT2D eigenvalue weighted by Gasteiger charge is -2.07. The van der Waals surface area contributed by atoms with Crippen molar-refractivity contribution in [3.63, 3.8) is 0 Å². The highest BCUT2D eigenvalue weighted by atomic mass is 16.3. The second-order valence-electron chi connectivity index (χ2n) is 5.84. The van der Waals surface area contributed by atoms with Crippen LogP contribution in [-0.4, -0.2) is 5.78 Å². The maximum Gasteiger partial charge on any atom is 0.230 e. The highest BCUT2D eigenvalue weighted by Gasteiger charge is 2.21. The molecule has 3 aromatic carbocycles. The number of rotatable bonds is 5. The topological polar surface area (TPSA) is 42.2 Å². The fraction of sp³-hybridized carbons (Fsp3) is 0.0455. The summed E-state index contributed by atoms with van der Waals surface area (Å²) in [5, 5.41) is 4.30. The number of benzene rings is 3. The van der Waals surface area contributed by atoms with Gasteiger partial charge in [-0.25, -0.2) is 0 Å². The van der Waals surface area contributed by atoms with Crippen molar-refractivity contribution in [2.75, 3.05) is 5.32 Å². The van der Waals surface area contributed by atoms with E-state index in [0.29, 0.717) is 23.5 Å². The minimum absolute atomic E-state index is 0.118. The van der Waals surface area contributed by atoms with Gasteiger partial charge in [-0.15, -0.1) is 0 Å². The molecule has 0 spiro atoms. The van der Waals surface area contributed by atoms with Gasteiger partial charge < -0.3 is 9.73 Å². The largest absolute Gasteiger partial charge is 0.450 e. The first-order valence-corrected chi connectivity index (χ1v) is 8.22. The molecule has 25 heavy (non-hydrogen) atoms. The molecule has 0 atom stereocenters. The summed E-state index contributed by atoms with van der Waals surface area (Å²) in [6.45, 7) is 0.624. The van der Waals surface area contributed by atoms with Crippen LogP contribution in [0.4, 0.5) is 5.69 Å². The van der Waals surface area contributed by atoms with Gasteiger partial charge in [0, 0.05) is 17.5 Å². The van der Waals surface area contributed by atoms with Gasteiger partial charge in [-0.2, -0.15) is 0 Å². The van der Waals surface area contributed by atoms with E-state index < -0.39 is 0 Å². The van der Waals surface area contributed by atoms with Crippen molar-refractivity contribution in [2.24, 2.45) is 0 Å². The molecule has 0 radical (unpaired) electrons. The minimum Gasteiger partial charge on any atom is -0.450 e. The van der Waals surface area contributed by atoms with Gasteiger partial charge in [-0.1, -0.05) is 72.8 Å². The Balaban J connectivity index is 1.74. The predicted octanol–water partition coefficient (Wildman–Crippen LogP) is 5.28. The van der Waals surface area contributed by atoms with Crippen molar-refractivity contribution < 1.29 is 9.21 Å². The standard InChI is InChI=1S/C22H17NO2/c24-21(17-11-5-2-6-12-17)22-20(18-13-7-8-14-19(18)25-22)23-15-16-9-3-1-4-10-16/h1-14,23H,15H2. The van der Waals surface area contributed by atoms with E-state index in [1.807, 2.05) is 72.8 Å². The third-order valence-corrected chi connectivity index (χ3v) is 4.15. The molecule has 1 N–H and O–H groups in total. The summed E-state index contributed by atoms with van der Waals surface area (Å²) in [6, 6.07) is 27.0. The Bertz CT molecular complexity index is 1000. The van der Waals surface area contributed by atoms with Gasteiger partial charge in [0.05, 0.1) is 5.69 Å². The lowest BCUT2D eigenvalue weighted by atomic mass is 10.1. The van der Waals surface area contributed by atoms with Crippen LogP contribution in [0.5, 0.6) is 0 Å². The molecular weight excluding hydrogens is 310 g/mol. The summed E-state index contributed by atoms with van der Waals surface area (Å²) in [5.74, 6) is 0.232. The molecule has 3 nitrogen and oxygen atoms in total. The summed E-state index contributed by atoms with van der Waals surface area (Å²) in [5.41, 5.74) is 3.21. The van der Waals surface area contributed by atoms with E-state index in [0.717, 1.165) is 16.6 Å². The highest BCUT2D eigenvalue weighted by molar-refractivity contribution is 6.14. The van der Waals surface area contributed by atoms with Gasteiger partial charge >= 0.3 is 0 Å². The van der Waals surface area contributed by atoms with Crippen LogP contribution >= 0.6 is 0 Å². The zero-order valence-corrected chi connectivity index (χ0v) is 13.6. The molecule has 0 aliphatic heterocycles. The van der Waals surface area contributed by atoms with Crippen molar-refractivity contribution in [3.8, 4) is 0 Å². The average Bonchev–Trinajstić information content (AvgIpc) is 3.06. The van der Waals surface area contributed by atoms with Gasteiger partial charge in [0.1, 0.15) is 5.58 Å². The Hall–Kier alpha value is -3.33. The zero-order valence-electron chi connectivity index (χ0n) is 13.6. The average molecular weight is 327 g/mol. The van der Waals surface area contributed by atoms with Crippen molar-refractivity contribution >= 4 is 22.4 Å². The van der Waals surface area contributed by atoms with E-state index in [1.165, 1.54) is 0 Å². The van der Waals surface area contributed by atoms with Crippen LogP contribution in [-0.2, 0) is 6.54 Å². The Morgan fingerprint density at radius 2 is 1.44 bits per heavy atom. The van der Waals surface area contributed by atoms with Gasteiger partial charge in [0.25, 0.3) is 0 Å². The number of para-hydroxylation sites is 1. The van der Waals surface area contributed by atoms with Crippen LogP contribution in [0.3, 0.4) is 0 Å². The van der Waals surface area contributed by atoms with E-state index >= 15 is 0 Å². The molecule has 0 aliphatic carbocycles. The molecule has 0 bridgehead atoms. The smallest absolute Gasteiger partial charge is 0.230 e. The summed E-state index contributed by atoms with van der Waals surface area (Å²) in [7, 11) is 0. The molecule has 0 aliphatic rings. The van der Waals surface area contributed by atoms with Crippen LogP contribution in [0, 0.1) is 0 Å². The van der Waals surface area contributed by atoms with E-state index in [2.05, 4.69) is 5.32 Å². The number of fused-ring (bicyclic) bond motifs is 1. The Kier molecular flexibility index (Phi) is 4.05. The first-order valence-electron chi connectivity index (χ1n) is 8.22. The predicted molar refractivity (Wildman–Crippen MR) is 99.9 cm³/mol. The second kappa shape index (κ2) is 6.65. The molecule has 122 valence electrons. The van der Waals surface area contributed by atoms with Gasteiger partial charge in [-0.3, -0.25) is 4.79 Å². The van der Waals surface area contributed by atoms with Crippen LogP contribution in [0.1, 0.15) is 21.7 Å². The summed E-state index contributed by atoms with van der Waals surface area (Å²) < 4.78 is 5.89. The van der Waals surface area contributed by atoms with E-state index in [9.17, 15) is 4.79 Å². The number of hydrogen-bond acceptors (Lipinski definition) is 3. The van der Waals surface area contributed by atoms with Crippen LogP contribution in [0.2, 0.25) is 0 Å². The van der Waals surface area contributed by atoms with E-state index in [4.69, 9.17) is 4.42 Å². The summed E-state index contributed by atoms with van der Waals surface area (Å²) >= 11 is 0. The Morgan fingerprint density at radius 3 is 2.20 bits per heavy atom. The Labute approximate surface area is 145 Å². The number of nitrogens with one attached hydrogen (secondary N) is 1. The van der Waals surface area contributed by atoms with Crippen molar-refractivity contribution in [1.29, 1.82) is 0 Å². The first kappa shape index (κ1) is 15.2. The molecule has 3 heteroatoms. The molecule has 0 saturated heterocycles. The summed E-state index contributed by atoms with van der Waals surface area (Å²) in [6.07, 6.45) is 0.